The third kappa shape index (κ3) is 3.69. The molecule has 0 saturated heterocycles. The Bertz CT molecular complexity index is 1010. The summed E-state index contributed by atoms with van der Waals surface area (Å²) in [6.07, 6.45) is -4.59. The molecule has 27 heavy (non-hydrogen) atoms. The van der Waals surface area contributed by atoms with Gasteiger partial charge in [0.05, 0.1) is 12.0 Å². The lowest BCUT2D eigenvalue weighted by molar-refractivity contribution is -0.141. The Hall–Kier alpha value is -3.17. The predicted molar refractivity (Wildman–Crippen MR) is 81.7 cm³/mol. The summed E-state index contributed by atoms with van der Waals surface area (Å²) in [4.78, 5) is 19.1. The normalized spacial score (nSPS) is 11.6. The minimum atomic E-state index is -4.82. The SMILES string of the molecule is Cc1ccc(F)c(-c2noc(CC(=O)c3cccnc3C(F)(F)F)n2)c1F. The number of carbonyl (C=O) groups excluding carboxylic acids is 1. The highest BCUT2D eigenvalue weighted by Crippen LogP contribution is 2.31. The first-order valence-corrected chi connectivity index (χ1v) is 7.51. The third-order valence-electron chi connectivity index (χ3n) is 3.66. The molecule has 0 aliphatic rings. The van der Waals surface area contributed by atoms with E-state index in [-0.39, 0.29) is 11.5 Å². The Morgan fingerprint density at radius 2 is 1.93 bits per heavy atom. The standard InChI is InChI=1S/C17H10F5N3O2/c1-8-4-5-10(18)13(14(8)19)16-24-12(27-25-16)7-11(26)9-3-2-6-23-15(9)17(20,21)22/h2-6H,7H2,1H3. The maximum absolute atomic E-state index is 14.1. The van der Waals surface area contributed by atoms with Gasteiger partial charge in [0.15, 0.2) is 11.5 Å². The average Bonchev–Trinajstić information content (AvgIpc) is 3.06. The predicted octanol–water partition coefficient (Wildman–Crippen LogP) is 4.16. The molecule has 2 aromatic heterocycles. The van der Waals surface area contributed by atoms with Gasteiger partial charge in [-0.2, -0.15) is 18.2 Å². The second kappa shape index (κ2) is 6.86. The van der Waals surface area contributed by atoms with Gasteiger partial charge in [0.2, 0.25) is 11.7 Å². The van der Waals surface area contributed by atoms with Crippen molar-refractivity contribution in [3.05, 3.63) is 64.8 Å². The molecule has 0 radical (unpaired) electrons. The van der Waals surface area contributed by atoms with Crippen molar-refractivity contribution in [1.82, 2.24) is 15.1 Å². The van der Waals surface area contributed by atoms with Crippen LogP contribution in [0.3, 0.4) is 0 Å². The zero-order chi connectivity index (χ0) is 19.8. The zero-order valence-electron chi connectivity index (χ0n) is 13.6. The number of benzene rings is 1. The minimum Gasteiger partial charge on any atom is -0.338 e. The number of pyridine rings is 1. The van der Waals surface area contributed by atoms with Crippen LogP contribution in [0.1, 0.15) is 27.5 Å². The summed E-state index contributed by atoms with van der Waals surface area (Å²) in [5, 5.41) is 3.41. The highest BCUT2D eigenvalue weighted by Gasteiger charge is 2.37. The van der Waals surface area contributed by atoms with Crippen LogP contribution in [-0.2, 0) is 12.6 Å². The molecule has 0 saturated carbocycles. The van der Waals surface area contributed by atoms with E-state index in [0.29, 0.717) is 0 Å². The highest BCUT2D eigenvalue weighted by molar-refractivity contribution is 5.98. The van der Waals surface area contributed by atoms with E-state index in [1.807, 2.05) is 0 Å². The fraction of sp³-hybridized carbons (Fsp3) is 0.176. The second-order valence-electron chi connectivity index (χ2n) is 5.56. The fourth-order valence-electron chi connectivity index (χ4n) is 2.38. The van der Waals surface area contributed by atoms with Gasteiger partial charge in [-0.3, -0.25) is 9.78 Å². The van der Waals surface area contributed by atoms with E-state index in [9.17, 15) is 26.7 Å². The molecule has 0 N–H and O–H groups in total. The molecule has 0 aliphatic carbocycles. The van der Waals surface area contributed by atoms with E-state index in [1.54, 1.807) is 0 Å². The maximum atomic E-state index is 14.1. The van der Waals surface area contributed by atoms with Gasteiger partial charge in [0, 0.05) is 11.8 Å². The van der Waals surface area contributed by atoms with Crippen molar-refractivity contribution in [2.24, 2.45) is 0 Å². The number of alkyl halides is 3. The van der Waals surface area contributed by atoms with E-state index < -0.39 is 52.7 Å². The Morgan fingerprint density at radius 3 is 2.63 bits per heavy atom. The molecule has 0 aliphatic heterocycles. The lowest BCUT2D eigenvalue weighted by Crippen LogP contribution is -2.16. The van der Waals surface area contributed by atoms with Gasteiger partial charge in [-0.05, 0) is 30.7 Å². The molecule has 0 spiro atoms. The number of rotatable bonds is 4. The van der Waals surface area contributed by atoms with Crippen molar-refractivity contribution in [3.8, 4) is 11.4 Å². The number of halogens is 5. The molecule has 10 heteroatoms. The van der Waals surface area contributed by atoms with Crippen LogP contribution >= 0.6 is 0 Å². The lowest BCUT2D eigenvalue weighted by atomic mass is 10.1. The molecule has 0 atom stereocenters. The topological polar surface area (TPSA) is 68.9 Å². The summed E-state index contributed by atoms with van der Waals surface area (Å²) in [7, 11) is 0. The van der Waals surface area contributed by atoms with Crippen LogP contribution in [0.25, 0.3) is 11.4 Å². The van der Waals surface area contributed by atoms with Gasteiger partial charge >= 0.3 is 6.18 Å². The van der Waals surface area contributed by atoms with Gasteiger partial charge in [-0.15, -0.1) is 0 Å². The Balaban J connectivity index is 1.90. The first-order valence-electron chi connectivity index (χ1n) is 7.51. The molecular formula is C17H10F5N3O2. The molecule has 2 heterocycles. The number of Topliss-reactive ketones (excluding diaryl/α,β-unsaturated/α-hetero) is 1. The van der Waals surface area contributed by atoms with Gasteiger partial charge < -0.3 is 4.52 Å². The van der Waals surface area contributed by atoms with Crippen LogP contribution < -0.4 is 0 Å². The number of aryl methyl sites for hydroxylation is 1. The Kier molecular flexibility index (Phi) is 4.73. The first kappa shape index (κ1) is 18.6. The van der Waals surface area contributed by atoms with Crippen LogP contribution in [-0.4, -0.2) is 20.9 Å². The summed E-state index contributed by atoms with van der Waals surface area (Å²) < 4.78 is 71.6. The summed E-state index contributed by atoms with van der Waals surface area (Å²) in [6, 6.07) is 4.38. The number of hydrogen-bond acceptors (Lipinski definition) is 5. The van der Waals surface area contributed by atoms with Crippen molar-refractivity contribution in [3.63, 3.8) is 0 Å². The third-order valence-corrected chi connectivity index (χ3v) is 3.66. The van der Waals surface area contributed by atoms with E-state index in [4.69, 9.17) is 4.52 Å². The number of nitrogens with zero attached hydrogens (tertiary/aromatic N) is 3. The molecule has 3 aromatic rings. The average molecular weight is 383 g/mol. The van der Waals surface area contributed by atoms with Crippen molar-refractivity contribution in [2.45, 2.75) is 19.5 Å². The number of ketones is 1. The van der Waals surface area contributed by atoms with Crippen LogP contribution in [0.4, 0.5) is 22.0 Å². The first-order chi connectivity index (χ1) is 12.7. The monoisotopic (exact) mass is 383 g/mol. The summed E-state index contributed by atoms with van der Waals surface area (Å²) >= 11 is 0. The zero-order valence-corrected chi connectivity index (χ0v) is 13.6. The van der Waals surface area contributed by atoms with Crippen molar-refractivity contribution >= 4 is 5.78 Å². The highest BCUT2D eigenvalue weighted by atomic mass is 19.4. The van der Waals surface area contributed by atoms with Crippen molar-refractivity contribution in [2.75, 3.05) is 0 Å². The quantitative estimate of drug-likeness (QED) is 0.500. The van der Waals surface area contributed by atoms with Crippen LogP contribution in [0, 0.1) is 18.6 Å². The fourth-order valence-corrected chi connectivity index (χ4v) is 2.38. The summed E-state index contributed by atoms with van der Waals surface area (Å²) in [5.74, 6) is -3.65. The molecular weight excluding hydrogens is 373 g/mol. The summed E-state index contributed by atoms with van der Waals surface area (Å²) in [5.41, 5.74) is -2.42. The molecule has 0 bridgehead atoms. The Labute approximate surface area is 148 Å². The van der Waals surface area contributed by atoms with E-state index in [2.05, 4.69) is 15.1 Å². The molecule has 0 fully saturated rings. The molecule has 5 nitrogen and oxygen atoms in total. The molecule has 0 unspecified atom stereocenters. The second-order valence-corrected chi connectivity index (χ2v) is 5.56. The van der Waals surface area contributed by atoms with Gasteiger partial charge in [0.25, 0.3) is 0 Å². The van der Waals surface area contributed by atoms with Gasteiger partial charge in [0.1, 0.15) is 11.6 Å². The van der Waals surface area contributed by atoms with Crippen LogP contribution in [0.5, 0.6) is 0 Å². The molecule has 0 amide bonds. The summed E-state index contributed by atoms with van der Waals surface area (Å²) in [6.45, 7) is 1.41. The van der Waals surface area contributed by atoms with Crippen LogP contribution in [0.15, 0.2) is 35.0 Å². The minimum absolute atomic E-state index is 0.138. The lowest BCUT2D eigenvalue weighted by Gasteiger charge is -2.09. The maximum Gasteiger partial charge on any atom is 0.434 e. The van der Waals surface area contributed by atoms with Crippen LogP contribution in [0.2, 0.25) is 0 Å². The molecule has 1 aromatic carbocycles. The Morgan fingerprint density at radius 1 is 1.19 bits per heavy atom. The van der Waals surface area contributed by atoms with Gasteiger partial charge in [-0.25, -0.2) is 8.78 Å². The number of aromatic nitrogens is 3. The van der Waals surface area contributed by atoms with E-state index in [1.165, 1.54) is 19.1 Å². The molecule has 140 valence electrons. The van der Waals surface area contributed by atoms with Crippen molar-refractivity contribution in [1.29, 1.82) is 0 Å². The largest absolute Gasteiger partial charge is 0.434 e. The van der Waals surface area contributed by atoms with E-state index >= 15 is 0 Å². The van der Waals surface area contributed by atoms with E-state index in [0.717, 1.165) is 18.3 Å². The van der Waals surface area contributed by atoms with Gasteiger partial charge in [-0.1, -0.05) is 11.2 Å². The van der Waals surface area contributed by atoms with Crippen molar-refractivity contribution < 1.29 is 31.3 Å². The molecule has 3 rings (SSSR count). The number of hydrogen-bond donors (Lipinski definition) is 0. The number of carbonyl (C=O) groups is 1. The smallest absolute Gasteiger partial charge is 0.338 e.